The average molecular weight is 450 g/mol. The number of esters is 2. The second kappa shape index (κ2) is 9.77. The van der Waals surface area contributed by atoms with Gasteiger partial charge in [-0.05, 0) is 31.5 Å². The summed E-state index contributed by atoms with van der Waals surface area (Å²) in [6.45, 7) is 4.96. The summed E-state index contributed by atoms with van der Waals surface area (Å²) in [6, 6.07) is 13.3. The molecule has 2 heterocycles. The van der Waals surface area contributed by atoms with E-state index in [1.807, 2.05) is 35.2 Å². The minimum atomic E-state index is -0.495. The van der Waals surface area contributed by atoms with E-state index < -0.39 is 12.1 Å². The molecule has 0 aliphatic carbocycles. The lowest BCUT2D eigenvalue weighted by Gasteiger charge is -2.37. The van der Waals surface area contributed by atoms with Crippen LogP contribution in [0.1, 0.15) is 46.7 Å². The summed E-state index contributed by atoms with van der Waals surface area (Å²) in [5.41, 5.74) is 2.87. The molecule has 3 aromatic rings. The van der Waals surface area contributed by atoms with Crippen LogP contribution in [-0.4, -0.2) is 49.1 Å². The topological polar surface area (TPSA) is 97.9 Å². The molecule has 8 heteroatoms. The number of hydrogen-bond donors (Lipinski definition) is 1. The SMILES string of the molecule is CCOC(=O)CC1CN(Cc2ccccc2)c2c(cc3cc(C(=O)OCC)[nH]c3c2C=O)O1. The molecule has 0 saturated carbocycles. The van der Waals surface area contributed by atoms with Crippen molar-refractivity contribution in [2.75, 3.05) is 24.7 Å². The molecule has 1 N–H and O–H groups in total. The summed E-state index contributed by atoms with van der Waals surface area (Å²) >= 11 is 0. The highest BCUT2D eigenvalue weighted by molar-refractivity contribution is 6.07. The fraction of sp³-hybridized carbons (Fsp3) is 0.320. The molecule has 0 spiro atoms. The quantitative estimate of drug-likeness (QED) is 0.411. The monoisotopic (exact) mass is 450 g/mol. The highest BCUT2D eigenvalue weighted by atomic mass is 16.5. The maximum atomic E-state index is 12.2. The van der Waals surface area contributed by atoms with Crippen LogP contribution in [0, 0.1) is 0 Å². The van der Waals surface area contributed by atoms with E-state index in [-0.39, 0.29) is 24.7 Å². The van der Waals surface area contributed by atoms with Crippen molar-refractivity contribution in [2.45, 2.75) is 32.9 Å². The van der Waals surface area contributed by atoms with Crippen LogP contribution in [0.5, 0.6) is 5.75 Å². The summed E-state index contributed by atoms with van der Waals surface area (Å²) in [5, 5.41) is 0.648. The zero-order valence-corrected chi connectivity index (χ0v) is 18.6. The predicted octanol–water partition coefficient (Wildman–Crippen LogP) is 3.88. The summed E-state index contributed by atoms with van der Waals surface area (Å²) in [6.07, 6.45) is 0.411. The number of aldehydes is 1. The molecule has 0 fully saturated rings. The first-order chi connectivity index (χ1) is 16.0. The van der Waals surface area contributed by atoms with Gasteiger partial charge in [-0.25, -0.2) is 4.79 Å². The van der Waals surface area contributed by atoms with Gasteiger partial charge in [0.1, 0.15) is 17.5 Å². The number of aromatic amines is 1. The van der Waals surface area contributed by atoms with Gasteiger partial charge in [0.25, 0.3) is 0 Å². The maximum Gasteiger partial charge on any atom is 0.354 e. The lowest BCUT2D eigenvalue weighted by atomic mass is 10.0. The fourth-order valence-corrected chi connectivity index (χ4v) is 4.13. The molecule has 1 aliphatic rings. The van der Waals surface area contributed by atoms with Crippen molar-refractivity contribution >= 4 is 34.8 Å². The van der Waals surface area contributed by atoms with Crippen LogP contribution < -0.4 is 9.64 Å². The third kappa shape index (κ3) is 4.69. The lowest BCUT2D eigenvalue weighted by Crippen LogP contribution is -2.41. The Morgan fingerprint density at radius 2 is 1.91 bits per heavy atom. The number of carbonyl (C=O) groups is 3. The molecule has 0 amide bonds. The molecule has 1 atom stereocenters. The summed E-state index contributed by atoms with van der Waals surface area (Å²) < 4.78 is 16.3. The molecule has 8 nitrogen and oxygen atoms in total. The molecule has 1 aliphatic heterocycles. The van der Waals surface area contributed by atoms with Crippen LogP contribution in [-0.2, 0) is 20.8 Å². The van der Waals surface area contributed by atoms with Crippen LogP contribution in [0.4, 0.5) is 5.69 Å². The standard InChI is InChI=1S/C25H26N2O6/c1-3-31-22(29)12-18-14-27(13-16-8-6-5-7-9-16)24-19(15-28)23-17(11-21(24)33-18)10-20(26-23)25(30)32-4-2/h5-11,15,18,26H,3-4,12-14H2,1-2H3. The van der Waals surface area contributed by atoms with Gasteiger partial charge in [0.15, 0.2) is 6.29 Å². The molecule has 33 heavy (non-hydrogen) atoms. The Morgan fingerprint density at radius 3 is 2.61 bits per heavy atom. The first kappa shape index (κ1) is 22.4. The molecular formula is C25H26N2O6. The van der Waals surface area contributed by atoms with Crippen LogP contribution in [0.15, 0.2) is 42.5 Å². The van der Waals surface area contributed by atoms with Crippen molar-refractivity contribution in [1.29, 1.82) is 0 Å². The third-order valence-electron chi connectivity index (χ3n) is 5.46. The number of aromatic nitrogens is 1. The zero-order chi connectivity index (χ0) is 23.4. The van der Waals surface area contributed by atoms with Crippen LogP contribution >= 0.6 is 0 Å². The molecule has 0 saturated heterocycles. The van der Waals surface area contributed by atoms with Crippen molar-refractivity contribution < 1.29 is 28.6 Å². The van der Waals surface area contributed by atoms with Crippen molar-refractivity contribution in [3.05, 3.63) is 59.3 Å². The number of rotatable bonds is 8. The molecule has 1 aromatic heterocycles. The molecule has 2 aromatic carbocycles. The Kier molecular flexibility index (Phi) is 6.63. The van der Waals surface area contributed by atoms with E-state index in [1.54, 1.807) is 26.0 Å². The van der Waals surface area contributed by atoms with Gasteiger partial charge in [-0.1, -0.05) is 30.3 Å². The number of nitrogens with zero attached hydrogens (tertiary/aromatic N) is 1. The van der Waals surface area contributed by atoms with E-state index in [9.17, 15) is 14.4 Å². The molecule has 0 radical (unpaired) electrons. The van der Waals surface area contributed by atoms with E-state index >= 15 is 0 Å². The maximum absolute atomic E-state index is 12.2. The zero-order valence-electron chi connectivity index (χ0n) is 18.6. The Labute approximate surface area is 191 Å². The minimum absolute atomic E-state index is 0.0915. The number of benzene rings is 2. The number of fused-ring (bicyclic) bond motifs is 2. The number of ether oxygens (including phenoxy) is 3. The molecule has 172 valence electrons. The van der Waals surface area contributed by atoms with Crippen molar-refractivity contribution in [2.24, 2.45) is 0 Å². The summed E-state index contributed by atoms with van der Waals surface area (Å²) in [5.74, 6) is -0.352. The van der Waals surface area contributed by atoms with Gasteiger partial charge < -0.3 is 24.1 Å². The predicted molar refractivity (Wildman–Crippen MR) is 123 cm³/mol. The van der Waals surface area contributed by atoms with Gasteiger partial charge in [0, 0.05) is 11.9 Å². The molecule has 1 unspecified atom stereocenters. The van der Waals surface area contributed by atoms with Gasteiger partial charge in [-0.3, -0.25) is 9.59 Å². The van der Waals surface area contributed by atoms with E-state index in [0.717, 1.165) is 11.8 Å². The van der Waals surface area contributed by atoms with Gasteiger partial charge in [0.2, 0.25) is 0 Å². The second-order valence-electron chi connectivity index (χ2n) is 7.74. The molecule has 0 bridgehead atoms. The summed E-state index contributed by atoms with van der Waals surface area (Å²) in [4.78, 5) is 41.7. The van der Waals surface area contributed by atoms with Gasteiger partial charge in [0.05, 0.1) is 42.9 Å². The number of H-pyrrole nitrogens is 1. The highest BCUT2D eigenvalue weighted by Gasteiger charge is 2.32. The second-order valence-corrected chi connectivity index (χ2v) is 7.74. The normalized spacial score (nSPS) is 15.0. The average Bonchev–Trinajstić information content (AvgIpc) is 3.22. The van der Waals surface area contributed by atoms with Crippen molar-refractivity contribution in [3.63, 3.8) is 0 Å². The van der Waals surface area contributed by atoms with Crippen molar-refractivity contribution in [3.8, 4) is 5.75 Å². The Balaban J connectivity index is 1.78. The first-order valence-electron chi connectivity index (χ1n) is 11.0. The Morgan fingerprint density at radius 1 is 1.15 bits per heavy atom. The van der Waals surface area contributed by atoms with Crippen LogP contribution in [0.3, 0.4) is 0 Å². The number of anilines is 1. The molecular weight excluding hydrogens is 424 g/mol. The van der Waals surface area contributed by atoms with Gasteiger partial charge in [-0.15, -0.1) is 0 Å². The smallest absolute Gasteiger partial charge is 0.354 e. The minimum Gasteiger partial charge on any atom is -0.486 e. The van der Waals surface area contributed by atoms with Crippen LogP contribution in [0.2, 0.25) is 0 Å². The van der Waals surface area contributed by atoms with E-state index in [0.29, 0.717) is 47.6 Å². The van der Waals surface area contributed by atoms with Crippen LogP contribution in [0.25, 0.3) is 10.9 Å². The first-order valence-corrected chi connectivity index (χ1v) is 11.0. The van der Waals surface area contributed by atoms with Gasteiger partial charge >= 0.3 is 11.9 Å². The number of nitrogens with one attached hydrogen (secondary N) is 1. The van der Waals surface area contributed by atoms with Crippen molar-refractivity contribution in [1.82, 2.24) is 4.98 Å². The highest BCUT2D eigenvalue weighted by Crippen LogP contribution is 2.42. The third-order valence-corrected chi connectivity index (χ3v) is 5.46. The fourth-order valence-electron chi connectivity index (χ4n) is 4.13. The van der Waals surface area contributed by atoms with Gasteiger partial charge in [-0.2, -0.15) is 0 Å². The summed E-state index contributed by atoms with van der Waals surface area (Å²) in [7, 11) is 0. The van der Waals surface area contributed by atoms with E-state index in [1.165, 1.54) is 0 Å². The number of carbonyl (C=O) groups excluding carboxylic acids is 3. The Bertz CT molecular complexity index is 1170. The Hall–Kier alpha value is -3.81. The van der Waals surface area contributed by atoms with E-state index in [4.69, 9.17) is 14.2 Å². The van der Waals surface area contributed by atoms with E-state index in [2.05, 4.69) is 4.98 Å². The largest absolute Gasteiger partial charge is 0.486 e. The number of hydrogen-bond acceptors (Lipinski definition) is 7. The lowest BCUT2D eigenvalue weighted by molar-refractivity contribution is -0.144. The molecule has 4 rings (SSSR count).